The zero-order valence-electron chi connectivity index (χ0n) is 9.39. The van der Waals surface area contributed by atoms with Gasteiger partial charge >= 0.3 is 6.03 Å². The van der Waals surface area contributed by atoms with Crippen molar-refractivity contribution < 1.29 is 9.53 Å². The van der Waals surface area contributed by atoms with E-state index in [0.29, 0.717) is 6.54 Å². The van der Waals surface area contributed by atoms with Crippen LogP contribution in [0.1, 0.15) is 27.2 Å². The number of ether oxygens (including phenoxy) is 1. The van der Waals surface area contributed by atoms with Crippen molar-refractivity contribution in [1.82, 2.24) is 10.6 Å². The Labute approximate surface area is 85.4 Å². The van der Waals surface area contributed by atoms with Gasteiger partial charge in [-0.25, -0.2) is 4.79 Å². The molecule has 0 heterocycles. The number of rotatable bonds is 3. The number of carbonyl (C=O) groups is 1. The number of hydrogen-bond donors (Lipinski definition) is 2. The van der Waals surface area contributed by atoms with Crippen molar-refractivity contribution in [3.05, 3.63) is 0 Å². The van der Waals surface area contributed by atoms with Crippen LogP contribution in [0.4, 0.5) is 4.79 Å². The van der Waals surface area contributed by atoms with E-state index >= 15 is 0 Å². The Balaban J connectivity index is 2.39. The highest BCUT2D eigenvalue weighted by atomic mass is 16.5. The minimum absolute atomic E-state index is 0.0415. The molecule has 1 saturated carbocycles. The Morgan fingerprint density at radius 1 is 1.57 bits per heavy atom. The molecule has 0 saturated heterocycles. The van der Waals surface area contributed by atoms with Gasteiger partial charge in [-0.15, -0.1) is 0 Å². The second-order valence-corrected chi connectivity index (χ2v) is 4.34. The molecule has 82 valence electrons. The van der Waals surface area contributed by atoms with Crippen molar-refractivity contribution in [1.29, 1.82) is 0 Å². The van der Waals surface area contributed by atoms with E-state index in [-0.39, 0.29) is 23.6 Å². The van der Waals surface area contributed by atoms with Crippen LogP contribution in [-0.2, 0) is 4.74 Å². The fourth-order valence-electron chi connectivity index (χ4n) is 1.90. The Bertz CT molecular complexity index is 216. The fraction of sp³-hybridized carbons (Fsp3) is 0.900. The summed E-state index contributed by atoms with van der Waals surface area (Å²) in [7, 11) is 1.72. The van der Waals surface area contributed by atoms with Crippen LogP contribution in [0.2, 0.25) is 0 Å². The third-order valence-corrected chi connectivity index (χ3v) is 3.10. The predicted octanol–water partition coefficient (Wildman–Crippen LogP) is 1.12. The molecule has 14 heavy (non-hydrogen) atoms. The number of nitrogens with one attached hydrogen (secondary N) is 2. The third-order valence-electron chi connectivity index (χ3n) is 3.10. The second-order valence-electron chi connectivity index (χ2n) is 4.34. The van der Waals surface area contributed by atoms with Gasteiger partial charge in [0.1, 0.15) is 0 Å². The Morgan fingerprint density at radius 3 is 2.64 bits per heavy atom. The minimum atomic E-state index is -0.0832. The van der Waals surface area contributed by atoms with Gasteiger partial charge in [-0.1, -0.05) is 13.8 Å². The maximum Gasteiger partial charge on any atom is 0.315 e. The van der Waals surface area contributed by atoms with Crippen LogP contribution < -0.4 is 10.6 Å². The average Bonchev–Trinajstić information content (AvgIpc) is 2.12. The first-order valence-electron chi connectivity index (χ1n) is 5.09. The molecule has 4 heteroatoms. The molecule has 0 spiro atoms. The van der Waals surface area contributed by atoms with Gasteiger partial charge in [0.25, 0.3) is 0 Å². The molecule has 2 atom stereocenters. The standard InChI is InChI=1S/C10H20N2O2/c1-5-11-9(13)12-7-6-8(14-4)10(7,2)3/h7-8H,5-6H2,1-4H3,(H2,11,12,13). The van der Waals surface area contributed by atoms with E-state index in [1.165, 1.54) is 0 Å². The Morgan fingerprint density at radius 2 is 2.21 bits per heavy atom. The summed E-state index contributed by atoms with van der Waals surface area (Å²) in [6.07, 6.45) is 1.16. The molecular formula is C10H20N2O2. The van der Waals surface area contributed by atoms with Crippen molar-refractivity contribution in [3.63, 3.8) is 0 Å². The summed E-state index contributed by atoms with van der Waals surface area (Å²) in [5.74, 6) is 0. The molecule has 2 amide bonds. The first-order chi connectivity index (χ1) is 6.52. The molecule has 0 aromatic carbocycles. The highest BCUT2D eigenvalue weighted by Crippen LogP contribution is 2.42. The van der Waals surface area contributed by atoms with E-state index in [9.17, 15) is 4.79 Å². The van der Waals surface area contributed by atoms with Gasteiger partial charge in [-0.05, 0) is 13.3 Å². The van der Waals surface area contributed by atoms with Crippen LogP contribution in [0, 0.1) is 5.41 Å². The van der Waals surface area contributed by atoms with Crippen LogP contribution in [0.15, 0.2) is 0 Å². The summed E-state index contributed by atoms with van der Waals surface area (Å²) in [6.45, 7) is 6.79. The molecule has 0 aliphatic heterocycles. The monoisotopic (exact) mass is 200 g/mol. The summed E-state index contributed by atoms with van der Waals surface area (Å²) < 4.78 is 5.30. The average molecular weight is 200 g/mol. The maximum absolute atomic E-state index is 11.3. The largest absolute Gasteiger partial charge is 0.381 e. The van der Waals surface area contributed by atoms with Gasteiger partial charge in [0.05, 0.1) is 6.10 Å². The molecule has 0 aromatic rings. The van der Waals surface area contributed by atoms with E-state index in [2.05, 4.69) is 24.5 Å². The number of methoxy groups -OCH3 is 1. The van der Waals surface area contributed by atoms with Gasteiger partial charge < -0.3 is 15.4 Å². The lowest BCUT2D eigenvalue weighted by Crippen LogP contribution is -2.63. The molecule has 0 aromatic heterocycles. The topological polar surface area (TPSA) is 50.4 Å². The zero-order valence-corrected chi connectivity index (χ0v) is 9.39. The van der Waals surface area contributed by atoms with Crippen LogP contribution in [0.3, 0.4) is 0 Å². The van der Waals surface area contributed by atoms with Gasteiger partial charge in [-0.2, -0.15) is 0 Å². The van der Waals surface area contributed by atoms with Crippen LogP contribution in [0.5, 0.6) is 0 Å². The molecule has 1 rings (SSSR count). The normalized spacial score (nSPS) is 29.1. The smallest absolute Gasteiger partial charge is 0.315 e. The van der Waals surface area contributed by atoms with Crippen LogP contribution in [0.25, 0.3) is 0 Å². The number of amides is 2. The lowest BCUT2D eigenvalue weighted by atomic mass is 9.64. The van der Waals surface area contributed by atoms with Crippen LogP contribution >= 0.6 is 0 Å². The maximum atomic E-state index is 11.3. The van der Waals surface area contributed by atoms with Gasteiger partial charge in [0, 0.05) is 25.1 Å². The molecule has 2 N–H and O–H groups in total. The summed E-state index contributed by atoms with van der Waals surface area (Å²) in [5.41, 5.74) is 0.0415. The molecular weight excluding hydrogens is 180 g/mol. The van der Waals surface area contributed by atoms with Gasteiger partial charge in [-0.3, -0.25) is 0 Å². The summed E-state index contributed by atoms with van der Waals surface area (Å²) in [4.78, 5) is 11.3. The van der Waals surface area contributed by atoms with Crippen LogP contribution in [-0.4, -0.2) is 31.8 Å². The summed E-state index contributed by atoms with van der Waals surface area (Å²) >= 11 is 0. The molecule has 1 aliphatic carbocycles. The molecule has 0 bridgehead atoms. The minimum Gasteiger partial charge on any atom is -0.381 e. The van der Waals surface area contributed by atoms with Gasteiger partial charge in [0.2, 0.25) is 0 Å². The van der Waals surface area contributed by atoms with Crippen molar-refractivity contribution in [2.75, 3.05) is 13.7 Å². The molecule has 2 unspecified atom stereocenters. The number of hydrogen-bond acceptors (Lipinski definition) is 2. The Kier molecular flexibility index (Phi) is 3.37. The van der Waals surface area contributed by atoms with E-state index in [1.807, 2.05) is 6.92 Å². The third kappa shape index (κ3) is 2.00. The highest BCUT2D eigenvalue weighted by molar-refractivity contribution is 5.74. The SMILES string of the molecule is CCNC(=O)NC1CC(OC)C1(C)C. The molecule has 0 radical (unpaired) electrons. The second kappa shape index (κ2) is 4.17. The van der Waals surface area contributed by atoms with Gasteiger partial charge in [0.15, 0.2) is 0 Å². The quantitative estimate of drug-likeness (QED) is 0.717. The van der Waals surface area contributed by atoms with Crippen molar-refractivity contribution in [2.24, 2.45) is 5.41 Å². The van der Waals surface area contributed by atoms with Crippen molar-refractivity contribution >= 4 is 6.03 Å². The predicted molar refractivity (Wildman–Crippen MR) is 55.2 cm³/mol. The first-order valence-corrected chi connectivity index (χ1v) is 5.09. The lowest BCUT2D eigenvalue weighted by molar-refractivity contribution is -0.0935. The first kappa shape index (κ1) is 11.3. The molecule has 1 fully saturated rings. The Hall–Kier alpha value is -0.770. The van der Waals surface area contributed by atoms with Crippen molar-refractivity contribution in [2.45, 2.75) is 39.3 Å². The fourth-order valence-corrected chi connectivity index (χ4v) is 1.90. The summed E-state index contributed by atoms with van der Waals surface area (Å²) in [5, 5.41) is 5.67. The number of urea groups is 1. The lowest BCUT2D eigenvalue weighted by Gasteiger charge is -2.51. The van der Waals surface area contributed by atoms with E-state index in [1.54, 1.807) is 7.11 Å². The highest BCUT2D eigenvalue weighted by Gasteiger charge is 2.49. The molecule has 1 aliphatic rings. The zero-order chi connectivity index (χ0) is 10.8. The summed E-state index contributed by atoms with van der Waals surface area (Å²) in [6, 6.07) is 0.138. The number of carbonyl (C=O) groups excluding carboxylic acids is 1. The molecule has 4 nitrogen and oxygen atoms in total. The van der Waals surface area contributed by atoms with Crippen molar-refractivity contribution in [3.8, 4) is 0 Å². The van der Waals surface area contributed by atoms with E-state index in [0.717, 1.165) is 6.42 Å². The van der Waals surface area contributed by atoms with E-state index < -0.39 is 0 Å². The van der Waals surface area contributed by atoms with E-state index in [4.69, 9.17) is 4.74 Å².